The van der Waals surface area contributed by atoms with Gasteiger partial charge in [0.15, 0.2) is 0 Å². The van der Waals surface area contributed by atoms with Gasteiger partial charge in [-0.3, -0.25) is 0 Å². The van der Waals surface area contributed by atoms with Crippen LogP contribution in [-0.4, -0.2) is 13.1 Å². The van der Waals surface area contributed by atoms with E-state index < -0.39 is 0 Å². The third kappa shape index (κ3) is 4.12. The summed E-state index contributed by atoms with van der Waals surface area (Å²) >= 11 is 0. The molecule has 36 heavy (non-hydrogen) atoms. The summed E-state index contributed by atoms with van der Waals surface area (Å²) in [4.78, 5) is 0. The zero-order chi connectivity index (χ0) is 23.9. The van der Waals surface area contributed by atoms with Crippen LogP contribution in [0.1, 0.15) is 70.6 Å². The van der Waals surface area contributed by atoms with Crippen LogP contribution in [0.25, 0.3) is 0 Å². The molecule has 1 N–H and O–H groups in total. The van der Waals surface area contributed by atoms with Crippen LogP contribution < -0.4 is 5.32 Å². The molecule has 7 rings (SSSR count). The first-order valence-corrected chi connectivity index (χ1v) is 15.1. The van der Waals surface area contributed by atoms with Crippen molar-refractivity contribution in [1.82, 2.24) is 5.32 Å². The molecule has 1 heteroatoms. The Labute approximate surface area is 218 Å². The highest BCUT2D eigenvalue weighted by atomic mass is 14.9. The van der Waals surface area contributed by atoms with Crippen molar-refractivity contribution in [3.8, 4) is 0 Å². The quantitative estimate of drug-likeness (QED) is 0.403. The van der Waals surface area contributed by atoms with E-state index in [1.54, 1.807) is 22.3 Å². The molecule has 0 radical (unpaired) electrons. The summed E-state index contributed by atoms with van der Waals surface area (Å²) in [5.41, 5.74) is 10.5. The van der Waals surface area contributed by atoms with Gasteiger partial charge in [-0.15, -0.1) is 0 Å². The highest BCUT2D eigenvalue weighted by Gasteiger charge is 2.38. The Morgan fingerprint density at radius 2 is 1.75 bits per heavy atom. The smallest absolute Gasteiger partial charge is 0.0135 e. The topological polar surface area (TPSA) is 12.0 Å². The van der Waals surface area contributed by atoms with Crippen molar-refractivity contribution >= 4 is 0 Å². The number of allylic oxidation sites excluding steroid dienone is 13. The molecule has 0 aromatic carbocycles. The molecule has 6 unspecified atom stereocenters. The van der Waals surface area contributed by atoms with Crippen LogP contribution in [0, 0.1) is 35.5 Å². The molecule has 1 aliphatic heterocycles. The first kappa shape index (κ1) is 23.0. The van der Waals surface area contributed by atoms with Gasteiger partial charge in [0.05, 0.1) is 0 Å². The van der Waals surface area contributed by atoms with Gasteiger partial charge in [-0.05, 0) is 105 Å². The van der Waals surface area contributed by atoms with Crippen LogP contribution in [0.15, 0.2) is 94.2 Å². The molecule has 6 atom stereocenters. The van der Waals surface area contributed by atoms with Gasteiger partial charge in [-0.1, -0.05) is 83.9 Å². The maximum Gasteiger partial charge on any atom is 0.0135 e. The summed E-state index contributed by atoms with van der Waals surface area (Å²) in [6.07, 6.45) is 39.4. The van der Waals surface area contributed by atoms with Gasteiger partial charge in [0.1, 0.15) is 0 Å². The Morgan fingerprint density at radius 3 is 2.64 bits per heavy atom. The Hall–Kier alpha value is -2.12. The van der Waals surface area contributed by atoms with Crippen molar-refractivity contribution in [2.45, 2.75) is 70.6 Å². The Morgan fingerprint density at radius 1 is 0.750 bits per heavy atom. The van der Waals surface area contributed by atoms with Crippen molar-refractivity contribution in [1.29, 1.82) is 0 Å². The van der Waals surface area contributed by atoms with E-state index in [4.69, 9.17) is 0 Å². The van der Waals surface area contributed by atoms with E-state index in [1.807, 2.05) is 11.1 Å². The summed E-state index contributed by atoms with van der Waals surface area (Å²) in [5, 5.41) is 3.60. The maximum absolute atomic E-state index is 3.60. The van der Waals surface area contributed by atoms with Crippen molar-refractivity contribution in [3.05, 3.63) is 94.2 Å². The average molecular weight is 478 g/mol. The van der Waals surface area contributed by atoms with E-state index in [0.29, 0.717) is 11.8 Å². The van der Waals surface area contributed by atoms with E-state index in [2.05, 4.69) is 66.1 Å². The molecule has 7 aliphatic rings. The maximum atomic E-state index is 3.60. The minimum Gasteiger partial charge on any atom is -0.312 e. The highest BCUT2D eigenvalue weighted by Crippen LogP contribution is 2.51. The molecule has 0 aromatic heterocycles. The van der Waals surface area contributed by atoms with Crippen molar-refractivity contribution in [2.75, 3.05) is 13.1 Å². The number of nitrogens with one attached hydrogen (secondary N) is 1. The number of hydrogen-bond donors (Lipinski definition) is 1. The van der Waals surface area contributed by atoms with E-state index in [9.17, 15) is 0 Å². The van der Waals surface area contributed by atoms with E-state index in [-0.39, 0.29) is 0 Å². The summed E-state index contributed by atoms with van der Waals surface area (Å²) in [5.74, 6) is 4.35. The molecule has 0 saturated heterocycles. The SMILES string of the molecule is C1=CC2=CC(C3CC=C(C4CCC(C5C=CCNC5)=C5C=CCCC54)CC3)=C3CCCCC3C2C=C1. The Kier molecular flexibility index (Phi) is 6.38. The summed E-state index contributed by atoms with van der Waals surface area (Å²) < 4.78 is 0. The molecule has 0 aromatic rings. The fraction of sp³-hybridized carbons (Fsp3) is 0.543. The molecule has 1 nitrogen and oxygen atoms in total. The predicted octanol–water partition coefficient (Wildman–Crippen LogP) is 8.33. The molecule has 1 saturated carbocycles. The van der Waals surface area contributed by atoms with Gasteiger partial charge in [-0.25, -0.2) is 0 Å². The molecular weight excluding hydrogens is 434 g/mol. The standard InChI is InChI=1S/C35H43N/c1-2-10-28-26(8-1)22-35(34-14-6-5-11-31(28)34)25-17-15-24(16-18-25)29-19-20-30(27-9-7-21-36-23-27)33-13-4-3-12-32(29)33/h1-2,4,7-10,13,15,22,25,27-29,31-32,36H,3,5-6,11-12,14,16-21,23H2. The van der Waals surface area contributed by atoms with Crippen molar-refractivity contribution < 1.29 is 0 Å². The first-order chi connectivity index (χ1) is 17.9. The first-order valence-electron chi connectivity index (χ1n) is 15.1. The lowest BCUT2D eigenvalue weighted by atomic mass is 9.62. The monoisotopic (exact) mass is 477 g/mol. The van der Waals surface area contributed by atoms with Gasteiger partial charge in [0, 0.05) is 24.9 Å². The third-order valence-electron chi connectivity index (χ3n) is 10.6. The van der Waals surface area contributed by atoms with E-state index >= 15 is 0 Å². The number of fused-ring (bicyclic) bond motifs is 4. The van der Waals surface area contributed by atoms with Crippen LogP contribution in [0.5, 0.6) is 0 Å². The molecule has 188 valence electrons. The number of hydrogen-bond acceptors (Lipinski definition) is 1. The molecule has 0 spiro atoms. The molecule has 0 amide bonds. The minimum atomic E-state index is 0.619. The molecular formula is C35H43N. The Bertz CT molecular complexity index is 1130. The fourth-order valence-electron chi connectivity index (χ4n) is 8.89. The molecule has 6 aliphatic carbocycles. The second-order valence-electron chi connectivity index (χ2n) is 12.4. The summed E-state index contributed by atoms with van der Waals surface area (Å²) in [7, 11) is 0. The van der Waals surface area contributed by atoms with Gasteiger partial charge >= 0.3 is 0 Å². The van der Waals surface area contributed by atoms with Gasteiger partial charge in [0.2, 0.25) is 0 Å². The van der Waals surface area contributed by atoms with Crippen molar-refractivity contribution in [3.63, 3.8) is 0 Å². The molecule has 1 heterocycles. The number of rotatable bonds is 3. The van der Waals surface area contributed by atoms with Crippen LogP contribution in [0.4, 0.5) is 0 Å². The lowest BCUT2D eigenvalue weighted by Crippen LogP contribution is -2.33. The highest BCUT2D eigenvalue weighted by molar-refractivity contribution is 5.48. The van der Waals surface area contributed by atoms with Crippen LogP contribution >= 0.6 is 0 Å². The predicted molar refractivity (Wildman–Crippen MR) is 151 cm³/mol. The molecule has 0 bridgehead atoms. The van der Waals surface area contributed by atoms with Crippen molar-refractivity contribution in [2.24, 2.45) is 35.5 Å². The van der Waals surface area contributed by atoms with Gasteiger partial charge in [-0.2, -0.15) is 0 Å². The normalized spacial score (nSPS) is 37.8. The second-order valence-corrected chi connectivity index (χ2v) is 12.4. The zero-order valence-corrected chi connectivity index (χ0v) is 21.9. The molecule has 1 fully saturated rings. The zero-order valence-electron chi connectivity index (χ0n) is 21.9. The lowest BCUT2D eigenvalue weighted by Gasteiger charge is -2.42. The second kappa shape index (κ2) is 9.97. The fourth-order valence-corrected chi connectivity index (χ4v) is 8.89. The largest absolute Gasteiger partial charge is 0.312 e. The minimum absolute atomic E-state index is 0.619. The third-order valence-corrected chi connectivity index (χ3v) is 10.6. The summed E-state index contributed by atoms with van der Waals surface area (Å²) in [6, 6.07) is 0. The van der Waals surface area contributed by atoms with Gasteiger partial charge in [0.25, 0.3) is 0 Å². The Balaban J connectivity index is 1.13. The van der Waals surface area contributed by atoms with E-state index in [1.165, 1.54) is 70.6 Å². The average Bonchev–Trinajstić information content (AvgIpc) is 2.97. The van der Waals surface area contributed by atoms with E-state index in [0.717, 1.165) is 36.8 Å². The van der Waals surface area contributed by atoms with Gasteiger partial charge < -0.3 is 5.32 Å². The van der Waals surface area contributed by atoms with Crippen LogP contribution in [0.3, 0.4) is 0 Å². The van der Waals surface area contributed by atoms with Crippen LogP contribution in [-0.2, 0) is 0 Å². The summed E-state index contributed by atoms with van der Waals surface area (Å²) in [6.45, 7) is 2.17. The van der Waals surface area contributed by atoms with Crippen LogP contribution in [0.2, 0.25) is 0 Å². The lowest BCUT2D eigenvalue weighted by molar-refractivity contribution is 0.329.